The van der Waals surface area contributed by atoms with Gasteiger partial charge in [0, 0.05) is 12.0 Å². The highest BCUT2D eigenvalue weighted by atomic mass is 16.1. The molecule has 2 atom stereocenters. The monoisotopic (exact) mass is 125 g/mol. The minimum atomic E-state index is -0.218. The zero-order chi connectivity index (χ0) is 7.44. The number of rotatable bonds is 2. The molecular weight excluding hydrogens is 114 g/mol. The van der Waals surface area contributed by atoms with E-state index in [4.69, 9.17) is 12.2 Å². The summed E-state index contributed by atoms with van der Waals surface area (Å²) in [5, 5.41) is 0. The Morgan fingerprint density at radius 3 is 2.22 bits per heavy atom. The highest BCUT2D eigenvalue weighted by Crippen LogP contribution is 1.99. The van der Waals surface area contributed by atoms with E-state index in [-0.39, 0.29) is 17.7 Å². The van der Waals surface area contributed by atoms with Crippen LogP contribution >= 0.6 is 0 Å². The molecule has 2 unspecified atom stereocenters. The van der Waals surface area contributed by atoms with Gasteiger partial charge in [-0.25, -0.2) is 0 Å². The van der Waals surface area contributed by atoms with Crippen molar-refractivity contribution >= 4 is 5.78 Å². The molecule has 2 nitrogen and oxygen atoms in total. The van der Waals surface area contributed by atoms with Gasteiger partial charge in [-0.2, -0.15) is 0 Å². The third kappa shape index (κ3) is 2.29. The van der Waals surface area contributed by atoms with Gasteiger partial charge in [-0.1, -0.05) is 6.92 Å². The quantitative estimate of drug-likeness (QED) is 0.422. The Hall–Kier alpha value is -0.810. The van der Waals surface area contributed by atoms with E-state index in [0.717, 1.165) is 0 Å². The summed E-state index contributed by atoms with van der Waals surface area (Å²) in [4.78, 5) is 10.6. The van der Waals surface area contributed by atoms with Crippen LogP contribution in [0.1, 0.15) is 13.8 Å². The number of carbonyl (C=O) groups is 1. The summed E-state index contributed by atoms with van der Waals surface area (Å²) in [6.07, 6.45) is 4.86. The number of carbonyl (C=O) groups excluding carboxylic acids is 1. The molecule has 0 bridgehead atoms. The van der Waals surface area contributed by atoms with Crippen LogP contribution in [0.4, 0.5) is 0 Å². The van der Waals surface area contributed by atoms with Crippen molar-refractivity contribution in [2.45, 2.75) is 19.9 Å². The molecule has 0 fully saturated rings. The number of hydrogen-bond acceptors (Lipinski definition) is 2. The molecule has 0 aromatic rings. The highest BCUT2D eigenvalue weighted by molar-refractivity contribution is 5.96. The van der Waals surface area contributed by atoms with Gasteiger partial charge in [0.2, 0.25) is 5.78 Å². The molecule has 0 aromatic carbocycles. The van der Waals surface area contributed by atoms with E-state index in [0.29, 0.717) is 0 Å². The molecule has 2 N–H and O–H groups in total. The molecule has 0 spiro atoms. The maximum absolute atomic E-state index is 10.6. The molecule has 0 heterocycles. The second-order valence-corrected chi connectivity index (χ2v) is 2.16. The van der Waals surface area contributed by atoms with E-state index in [1.54, 1.807) is 13.8 Å². The van der Waals surface area contributed by atoms with Gasteiger partial charge in [0.05, 0.1) is 0 Å². The summed E-state index contributed by atoms with van der Waals surface area (Å²) in [5.41, 5.74) is 5.40. The Kier molecular flexibility index (Phi) is 2.97. The van der Waals surface area contributed by atoms with E-state index < -0.39 is 0 Å². The van der Waals surface area contributed by atoms with Crippen LogP contribution in [0.2, 0.25) is 0 Å². The van der Waals surface area contributed by atoms with E-state index in [9.17, 15) is 4.79 Å². The summed E-state index contributed by atoms with van der Waals surface area (Å²) < 4.78 is 0. The zero-order valence-corrected chi connectivity index (χ0v) is 5.72. The van der Waals surface area contributed by atoms with Crippen molar-refractivity contribution in [3.05, 3.63) is 0 Å². The number of terminal acetylenes is 1. The van der Waals surface area contributed by atoms with Crippen LogP contribution in [-0.2, 0) is 4.79 Å². The minimum Gasteiger partial charge on any atom is -0.327 e. The van der Waals surface area contributed by atoms with Crippen LogP contribution in [0.3, 0.4) is 0 Å². The lowest BCUT2D eigenvalue weighted by Crippen LogP contribution is -2.29. The van der Waals surface area contributed by atoms with Gasteiger partial charge in [-0.15, -0.1) is 6.42 Å². The number of hydrogen-bond donors (Lipinski definition) is 1. The van der Waals surface area contributed by atoms with Crippen LogP contribution in [0, 0.1) is 18.3 Å². The summed E-state index contributed by atoms with van der Waals surface area (Å²) in [7, 11) is 0. The van der Waals surface area contributed by atoms with Crippen LogP contribution in [0.15, 0.2) is 0 Å². The van der Waals surface area contributed by atoms with Gasteiger partial charge in [0.25, 0.3) is 0 Å². The van der Waals surface area contributed by atoms with Crippen LogP contribution in [0.5, 0.6) is 0 Å². The normalized spacial score (nSPS) is 15.8. The van der Waals surface area contributed by atoms with Crippen molar-refractivity contribution in [1.82, 2.24) is 0 Å². The van der Waals surface area contributed by atoms with E-state index in [1.165, 1.54) is 0 Å². The smallest absolute Gasteiger partial charge is 0.209 e. The number of Topliss-reactive ketones (excluding diaryl/α,β-unsaturated/α-hetero) is 1. The van der Waals surface area contributed by atoms with E-state index >= 15 is 0 Å². The fraction of sp³-hybridized carbons (Fsp3) is 0.571. The molecule has 0 aromatic heterocycles. The van der Waals surface area contributed by atoms with Crippen molar-refractivity contribution in [2.24, 2.45) is 11.7 Å². The highest BCUT2D eigenvalue weighted by Gasteiger charge is 2.13. The first kappa shape index (κ1) is 8.19. The third-order valence-corrected chi connectivity index (χ3v) is 1.34. The summed E-state index contributed by atoms with van der Waals surface area (Å²) in [6.45, 7) is 3.49. The Bertz CT molecular complexity index is 143. The molecule has 0 saturated carbocycles. The van der Waals surface area contributed by atoms with E-state index in [2.05, 4.69) is 0 Å². The Morgan fingerprint density at radius 1 is 1.67 bits per heavy atom. The molecule has 0 aliphatic heterocycles. The van der Waals surface area contributed by atoms with Crippen LogP contribution in [-0.4, -0.2) is 11.8 Å². The molecule has 50 valence electrons. The summed E-state index contributed by atoms with van der Waals surface area (Å²) in [5.74, 6) is 1.60. The first-order valence-electron chi connectivity index (χ1n) is 2.85. The molecule has 0 aliphatic rings. The fourth-order valence-electron chi connectivity index (χ4n) is 0.370. The van der Waals surface area contributed by atoms with Gasteiger partial charge in [0.1, 0.15) is 0 Å². The van der Waals surface area contributed by atoms with Crippen molar-refractivity contribution in [3.63, 3.8) is 0 Å². The SMILES string of the molecule is C#CC(=O)C(C)C(C)N. The van der Waals surface area contributed by atoms with Gasteiger partial charge in [0.15, 0.2) is 0 Å². The average molecular weight is 125 g/mol. The number of ketones is 1. The molecule has 0 amide bonds. The Labute approximate surface area is 55.4 Å². The maximum Gasteiger partial charge on any atom is 0.209 e. The van der Waals surface area contributed by atoms with Crippen LogP contribution in [0.25, 0.3) is 0 Å². The first-order chi connectivity index (χ1) is 4.09. The third-order valence-electron chi connectivity index (χ3n) is 1.34. The maximum atomic E-state index is 10.6. The molecular formula is C7H11NO. The first-order valence-corrected chi connectivity index (χ1v) is 2.85. The van der Waals surface area contributed by atoms with Crippen molar-refractivity contribution < 1.29 is 4.79 Å². The molecule has 0 radical (unpaired) electrons. The van der Waals surface area contributed by atoms with Gasteiger partial charge in [-0.3, -0.25) is 4.79 Å². The molecule has 9 heavy (non-hydrogen) atoms. The van der Waals surface area contributed by atoms with Crippen molar-refractivity contribution in [3.8, 4) is 12.3 Å². The predicted molar refractivity (Wildman–Crippen MR) is 36.7 cm³/mol. The van der Waals surface area contributed by atoms with Gasteiger partial charge < -0.3 is 5.73 Å². The lowest BCUT2D eigenvalue weighted by atomic mass is 10.0. The summed E-state index contributed by atoms with van der Waals surface area (Å²) in [6, 6.07) is -0.145. The fourth-order valence-corrected chi connectivity index (χ4v) is 0.370. The lowest BCUT2D eigenvalue weighted by molar-refractivity contribution is -0.117. The molecule has 0 rings (SSSR count). The average Bonchev–Trinajstić information content (AvgIpc) is 1.84. The Morgan fingerprint density at radius 2 is 2.11 bits per heavy atom. The molecule has 0 saturated heterocycles. The Balaban J connectivity index is 3.92. The number of nitrogens with two attached hydrogens (primary N) is 1. The van der Waals surface area contributed by atoms with Gasteiger partial charge in [-0.05, 0) is 12.8 Å². The second-order valence-electron chi connectivity index (χ2n) is 2.16. The topological polar surface area (TPSA) is 43.1 Å². The summed E-state index contributed by atoms with van der Waals surface area (Å²) >= 11 is 0. The molecule has 2 heteroatoms. The minimum absolute atomic E-state index is 0.145. The van der Waals surface area contributed by atoms with E-state index in [1.807, 2.05) is 5.92 Å². The van der Waals surface area contributed by atoms with Crippen molar-refractivity contribution in [1.29, 1.82) is 0 Å². The molecule has 0 aliphatic carbocycles. The van der Waals surface area contributed by atoms with Crippen molar-refractivity contribution in [2.75, 3.05) is 0 Å². The predicted octanol–water partition coefficient (Wildman–Crippen LogP) is 0.172. The largest absolute Gasteiger partial charge is 0.327 e. The van der Waals surface area contributed by atoms with Crippen LogP contribution < -0.4 is 5.73 Å². The lowest BCUT2D eigenvalue weighted by Gasteiger charge is -2.08. The van der Waals surface area contributed by atoms with Gasteiger partial charge >= 0.3 is 0 Å². The standard InChI is InChI=1S/C7H11NO/c1-4-7(9)5(2)6(3)8/h1,5-6H,8H2,2-3H3. The second kappa shape index (κ2) is 3.26. The zero-order valence-electron chi connectivity index (χ0n) is 5.72.